The van der Waals surface area contributed by atoms with Gasteiger partial charge in [-0.25, -0.2) is 4.39 Å². The zero-order valence-electron chi connectivity index (χ0n) is 19.2. The quantitative estimate of drug-likeness (QED) is 0.301. The van der Waals surface area contributed by atoms with E-state index in [0.29, 0.717) is 5.92 Å². The fraction of sp³-hybridized carbons (Fsp3) is 0.643. The molecule has 1 aromatic rings. The summed E-state index contributed by atoms with van der Waals surface area (Å²) in [6, 6.07) is 2.82. The third-order valence-electron chi connectivity index (χ3n) is 7.48. The first kappa shape index (κ1) is 24.9. The molecule has 4 heteroatoms. The van der Waals surface area contributed by atoms with Crippen molar-refractivity contribution in [1.29, 1.82) is 0 Å². The summed E-state index contributed by atoms with van der Waals surface area (Å²) in [6.07, 6.45) is 15.4. The second-order valence-electron chi connectivity index (χ2n) is 9.85. The van der Waals surface area contributed by atoms with Crippen LogP contribution in [0.4, 0.5) is 17.6 Å². The van der Waals surface area contributed by atoms with Crippen LogP contribution in [0, 0.1) is 41.3 Å². The molecule has 0 radical (unpaired) electrons. The number of benzene rings is 1. The highest BCUT2D eigenvalue weighted by Crippen LogP contribution is 2.38. The largest absolute Gasteiger partial charge is 0.419 e. The average Bonchev–Trinajstić information content (AvgIpc) is 2.76. The molecule has 0 N–H and O–H groups in total. The molecule has 0 nitrogen and oxygen atoms in total. The van der Waals surface area contributed by atoms with Crippen molar-refractivity contribution in [3.63, 3.8) is 0 Å². The van der Waals surface area contributed by atoms with Crippen LogP contribution >= 0.6 is 0 Å². The summed E-state index contributed by atoms with van der Waals surface area (Å²) in [5.41, 5.74) is -0.993. The smallest absolute Gasteiger partial charge is 0.206 e. The molecule has 0 spiro atoms. The minimum absolute atomic E-state index is 0.257. The fourth-order valence-electron chi connectivity index (χ4n) is 5.49. The molecule has 1 aromatic carbocycles. The lowest BCUT2D eigenvalue weighted by Crippen LogP contribution is -2.17. The van der Waals surface area contributed by atoms with Crippen molar-refractivity contribution in [2.45, 2.75) is 90.1 Å². The van der Waals surface area contributed by atoms with Gasteiger partial charge in [-0.15, -0.1) is 0 Å². The van der Waals surface area contributed by atoms with Gasteiger partial charge in [0.15, 0.2) is 0 Å². The summed E-state index contributed by atoms with van der Waals surface area (Å²) in [5.74, 6) is 7.62. The molecule has 2 saturated carbocycles. The van der Waals surface area contributed by atoms with E-state index in [1.54, 1.807) is 6.08 Å². The predicted octanol–water partition coefficient (Wildman–Crippen LogP) is 8.95. The Labute approximate surface area is 190 Å². The number of rotatable bonds is 6. The summed E-state index contributed by atoms with van der Waals surface area (Å²) in [5, 5.41) is 0. The van der Waals surface area contributed by atoms with Gasteiger partial charge in [-0.1, -0.05) is 76.2 Å². The van der Waals surface area contributed by atoms with E-state index in [4.69, 9.17) is 0 Å². The van der Waals surface area contributed by atoms with Crippen LogP contribution in [-0.4, -0.2) is 0 Å². The summed E-state index contributed by atoms with van der Waals surface area (Å²) in [7, 11) is 0. The van der Waals surface area contributed by atoms with Gasteiger partial charge >= 0.3 is 6.18 Å². The molecule has 0 bridgehead atoms. The zero-order chi connectivity index (χ0) is 23.0. The predicted molar refractivity (Wildman–Crippen MR) is 122 cm³/mol. The van der Waals surface area contributed by atoms with E-state index in [-0.39, 0.29) is 5.56 Å². The minimum Gasteiger partial charge on any atom is -0.206 e. The van der Waals surface area contributed by atoms with Gasteiger partial charge in [-0.3, -0.25) is 0 Å². The molecular formula is C28H36F4. The van der Waals surface area contributed by atoms with E-state index in [0.717, 1.165) is 29.9 Å². The van der Waals surface area contributed by atoms with Gasteiger partial charge < -0.3 is 0 Å². The van der Waals surface area contributed by atoms with Gasteiger partial charge in [-0.05, 0) is 73.6 Å². The topological polar surface area (TPSA) is 0 Å². The molecule has 32 heavy (non-hydrogen) atoms. The van der Waals surface area contributed by atoms with Gasteiger partial charge in [-0.2, -0.15) is 13.2 Å². The standard InChI is InChI=1S/C28H36F4/c1-2-5-21-8-12-23(13-9-21)16-17-24-14-10-22(11-15-24)6-3-4-7-25-18-19-26(27(29)20-25)28(30,31)32/h3,6,18-24H,2,5,8-17H2,1H3/b6-3+/t21-,22?,23-,24?. The first-order valence-electron chi connectivity index (χ1n) is 12.4. The maximum atomic E-state index is 13.6. The van der Waals surface area contributed by atoms with Crippen molar-refractivity contribution in [3.05, 3.63) is 47.3 Å². The Hall–Kier alpha value is -1.76. The molecule has 0 amide bonds. The Bertz CT molecular complexity index is 795. The molecule has 0 aromatic heterocycles. The second kappa shape index (κ2) is 11.9. The lowest BCUT2D eigenvalue weighted by Gasteiger charge is -2.31. The van der Waals surface area contributed by atoms with Crippen LogP contribution in [0.3, 0.4) is 0 Å². The van der Waals surface area contributed by atoms with E-state index < -0.39 is 17.6 Å². The zero-order valence-corrected chi connectivity index (χ0v) is 19.2. The van der Waals surface area contributed by atoms with Crippen LogP contribution < -0.4 is 0 Å². The summed E-state index contributed by atoms with van der Waals surface area (Å²) in [6.45, 7) is 2.30. The molecule has 2 fully saturated rings. The minimum atomic E-state index is -4.68. The van der Waals surface area contributed by atoms with Crippen LogP contribution in [0.5, 0.6) is 0 Å². The molecule has 2 aliphatic rings. The highest BCUT2D eigenvalue weighted by Gasteiger charge is 2.33. The average molecular weight is 449 g/mol. The fourth-order valence-corrected chi connectivity index (χ4v) is 5.49. The molecule has 3 rings (SSSR count). The van der Waals surface area contributed by atoms with Crippen LogP contribution in [0.2, 0.25) is 0 Å². The molecule has 176 valence electrons. The van der Waals surface area contributed by atoms with Crippen molar-refractivity contribution < 1.29 is 17.6 Å². The third kappa shape index (κ3) is 7.68. The van der Waals surface area contributed by atoms with Crippen molar-refractivity contribution >= 4 is 0 Å². The Kier molecular flexibility index (Phi) is 9.26. The van der Waals surface area contributed by atoms with Gasteiger partial charge in [0.25, 0.3) is 0 Å². The maximum absolute atomic E-state index is 13.6. The van der Waals surface area contributed by atoms with E-state index in [9.17, 15) is 17.6 Å². The lowest BCUT2D eigenvalue weighted by molar-refractivity contribution is -0.140. The summed E-state index contributed by atoms with van der Waals surface area (Å²) < 4.78 is 51.5. The van der Waals surface area contributed by atoms with Crippen molar-refractivity contribution in [2.75, 3.05) is 0 Å². The second-order valence-corrected chi connectivity index (χ2v) is 9.85. The monoisotopic (exact) mass is 448 g/mol. The van der Waals surface area contributed by atoms with E-state index >= 15 is 0 Å². The molecule has 0 unspecified atom stereocenters. The first-order valence-corrected chi connectivity index (χ1v) is 12.4. The molecule has 0 atom stereocenters. The number of hydrogen-bond donors (Lipinski definition) is 0. The van der Waals surface area contributed by atoms with Crippen molar-refractivity contribution in [3.8, 4) is 11.8 Å². The number of halogens is 4. The highest BCUT2D eigenvalue weighted by molar-refractivity contribution is 5.39. The molecule has 2 aliphatic carbocycles. The van der Waals surface area contributed by atoms with Gasteiger partial charge in [0.05, 0.1) is 5.56 Å². The van der Waals surface area contributed by atoms with Gasteiger partial charge in [0, 0.05) is 5.56 Å². The maximum Gasteiger partial charge on any atom is 0.419 e. The van der Waals surface area contributed by atoms with Crippen molar-refractivity contribution in [1.82, 2.24) is 0 Å². The number of alkyl halides is 3. The number of allylic oxidation sites excluding steroid dienone is 2. The van der Waals surface area contributed by atoms with Crippen LogP contribution in [0.15, 0.2) is 30.4 Å². The van der Waals surface area contributed by atoms with Crippen molar-refractivity contribution in [2.24, 2.45) is 23.7 Å². The summed E-state index contributed by atoms with van der Waals surface area (Å²) >= 11 is 0. The van der Waals surface area contributed by atoms with Gasteiger partial charge in [0.2, 0.25) is 0 Å². The van der Waals surface area contributed by atoms with Crippen LogP contribution in [0.1, 0.15) is 95.1 Å². The van der Waals surface area contributed by atoms with Crippen LogP contribution in [-0.2, 0) is 6.18 Å². The molecular weight excluding hydrogens is 412 g/mol. The van der Waals surface area contributed by atoms with E-state index in [1.807, 2.05) is 0 Å². The first-order chi connectivity index (χ1) is 15.3. The Morgan fingerprint density at radius 2 is 1.44 bits per heavy atom. The van der Waals surface area contributed by atoms with Gasteiger partial charge in [0.1, 0.15) is 5.82 Å². The lowest BCUT2D eigenvalue weighted by atomic mass is 9.75. The SMILES string of the molecule is CCC[C@H]1CC[C@H](CCC2CCC(/C=C/C#Cc3ccc(C(F)(F)F)c(F)c3)CC2)CC1. The summed E-state index contributed by atoms with van der Waals surface area (Å²) in [4.78, 5) is 0. The highest BCUT2D eigenvalue weighted by atomic mass is 19.4. The van der Waals surface area contributed by atoms with E-state index in [1.165, 1.54) is 83.1 Å². The number of hydrogen-bond acceptors (Lipinski definition) is 0. The normalized spacial score (nSPS) is 26.7. The Balaban J connectivity index is 1.36. The third-order valence-corrected chi connectivity index (χ3v) is 7.48. The van der Waals surface area contributed by atoms with Crippen LogP contribution in [0.25, 0.3) is 0 Å². The van der Waals surface area contributed by atoms with E-state index in [2.05, 4.69) is 24.8 Å². The molecule has 0 saturated heterocycles. The Morgan fingerprint density at radius 1 is 0.875 bits per heavy atom. The Morgan fingerprint density at radius 3 is 1.97 bits per heavy atom. The molecule has 0 aliphatic heterocycles. The molecule has 0 heterocycles.